The average Bonchev–Trinajstić information content (AvgIpc) is 3.52. The maximum Gasteiger partial charge on any atom is 0.358 e. The maximum atomic E-state index is 12.9. The predicted molar refractivity (Wildman–Crippen MR) is 146 cm³/mol. The van der Waals surface area contributed by atoms with E-state index in [9.17, 15) is 9.59 Å². The van der Waals surface area contributed by atoms with E-state index in [1.807, 2.05) is 61.2 Å². The van der Waals surface area contributed by atoms with Crippen molar-refractivity contribution in [2.75, 3.05) is 37.7 Å². The Balaban J connectivity index is 1.35. The third kappa shape index (κ3) is 4.91. The molecule has 0 atom stereocenters. The van der Waals surface area contributed by atoms with Crippen molar-refractivity contribution in [2.45, 2.75) is 20.8 Å². The van der Waals surface area contributed by atoms with Gasteiger partial charge in [-0.25, -0.2) is 9.48 Å². The second kappa shape index (κ2) is 10.5. The van der Waals surface area contributed by atoms with E-state index in [0.717, 1.165) is 47.0 Å². The first-order valence-electron chi connectivity index (χ1n) is 12.8. The number of hydrogen-bond acceptors (Lipinski definition) is 6. The first-order chi connectivity index (χ1) is 18.4. The number of rotatable bonds is 6. The van der Waals surface area contributed by atoms with Crippen LogP contribution in [0.4, 0.5) is 5.69 Å². The van der Waals surface area contributed by atoms with Crippen molar-refractivity contribution in [3.05, 3.63) is 83.3 Å². The van der Waals surface area contributed by atoms with Gasteiger partial charge in [-0.2, -0.15) is 10.2 Å². The molecule has 0 unspecified atom stereocenters. The van der Waals surface area contributed by atoms with Crippen molar-refractivity contribution in [1.82, 2.24) is 24.5 Å². The van der Waals surface area contributed by atoms with Gasteiger partial charge >= 0.3 is 5.97 Å². The van der Waals surface area contributed by atoms with E-state index in [4.69, 9.17) is 4.74 Å². The highest BCUT2D eigenvalue weighted by Gasteiger charge is 2.25. The van der Waals surface area contributed by atoms with Gasteiger partial charge in [0, 0.05) is 44.5 Å². The zero-order valence-corrected chi connectivity index (χ0v) is 22.2. The van der Waals surface area contributed by atoms with Gasteiger partial charge in [0.1, 0.15) is 5.69 Å². The lowest BCUT2D eigenvalue weighted by atomic mass is 10.1. The minimum absolute atomic E-state index is 0.0185. The number of nitrogens with zero attached hydrogens (tertiary/aromatic N) is 6. The lowest BCUT2D eigenvalue weighted by molar-refractivity contribution is 0.0518. The molecule has 0 saturated carbocycles. The number of hydrogen-bond donors (Lipinski definition) is 0. The van der Waals surface area contributed by atoms with Crippen molar-refractivity contribution >= 4 is 17.6 Å². The van der Waals surface area contributed by atoms with E-state index >= 15 is 0 Å². The van der Waals surface area contributed by atoms with Crippen LogP contribution >= 0.6 is 0 Å². The molecule has 9 nitrogen and oxygen atoms in total. The van der Waals surface area contributed by atoms with Crippen LogP contribution in [-0.4, -0.2) is 69.1 Å². The molecule has 1 aliphatic rings. The van der Waals surface area contributed by atoms with Gasteiger partial charge in [-0.05, 0) is 56.7 Å². The van der Waals surface area contributed by atoms with Crippen LogP contribution < -0.4 is 4.90 Å². The molecule has 196 valence electrons. The third-order valence-electron chi connectivity index (χ3n) is 6.85. The number of amides is 1. The van der Waals surface area contributed by atoms with E-state index in [1.54, 1.807) is 29.4 Å². The number of benzene rings is 2. The third-order valence-corrected chi connectivity index (χ3v) is 6.85. The molecule has 1 aliphatic heterocycles. The SMILES string of the molecule is CCOC(=O)c1cc(-c2ccc(N3CCN(C(=O)c4cc(C)nn4C)CC3)cc2)n(-c2ccccc2C)n1. The zero-order chi connectivity index (χ0) is 26.8. The lowest BCUT2D eigenvalue weighted by Gasteiger charge is -2.36. The summed E-state index contributed by atoms with van der Waals surface area (Å²) in [6, 6.07) is 19.8. The quantitative estimate of drug-likeness (QED) is 0.363. The number of carbonyl (C=O) groups is 2. The summed E-state index contributed by atoms with van der Waals surface area (Å²) in [6.07, 6.45) is 0. The summed E-state index contributed by atoms with van der Waals surface area (Å²) in [5, 5.41) is 8.89. The summed E-state index contributed by atoms with van der Waals surface area (Å²) in [7, 11) is 1.80. The van der Waals surface area contributed by atoms with E-state index in [1.165, 1.54) is 0 Å². The molecule has 0 aliphatic carbocycles. The van der Waals surface area contributed by atoms with Gasteiger partial charge in [-0.3, -0.25) is 9.48 Å². The number of esters is 1. The first kappa shape index (κ1) is 25.3. The minimum atomic E-state index is -0.439. The molecule has 5 rings (SSSR count). The maximum absolute atomic E-state index is 12.9. The van der Waals surface area contributed by atoms with Gasteiger partial charge in [-0.1, -0.05) is 30.3 Å². The summed E-state index contributed by atoms with van der Waals surface area (Å²) in [4.78, 5) is 29.6. The van der Waals surface area contributed by atoms with Crippen LogP contribution in [-0.2, 0) is 11.8 Å². The number of aromatic nitrogens is 4. The fourth-order valence-electron chi connectivity index (χ4n) is 4.86. The molecule has 0 radical (unpaired) electrons. The molecule has 1 amide bonds. The van der Waals surface area contributed by atoms with E-state index in [-0.39, 0.29) is 11.6 Å². The highest BCUT2D eigenvalue weighted by atomic mass is 16.5. The van der Waals surface area contributed by atoms with Gasteiger partial charge in [0.05, 0.1) is 23.7 Å². The molecule has 0 bridgehead atoms. The standard InChI is InChI=1S/C29H32N6O3/c1-5-38-29(37)24-19-26(35(31-24)25-9-7-6-8-20(25)2)22-10-12-23(13-11-22)33-14-16-34(17-15-33)28(36)27-18-21(3)30-32(27)4/h6-13,18-19H,5,14-17H2,1-4H3. The Bertz CT molecular complexity index is 1460. The lowest BCUT2D eigenvalue weighted by Crippen LogP contribution is -2.49. The first-order valence-corrected chi connectivity index (χ1v) is 12.8. The summed E-state index contributed by atoms with van der Waals surface area (Å²) >= 11 is 0. The summed E-state index contributed by atoms with van der Waals surface area (Å²) in [5.74, 6) is -0.420. The van der Waals surface area contributed by atoms with Crippen LogP contribution in [0.5, 0.6) is 0 Å². The topological polar surface area (TPSA) is 85.5 Å². The Hall–Kier alpha value is -4.40. The number of aryl methyl sites for hydroxylation is 3. The fraction of sp³-hybridized carbons (Fsp3) is 0.310. The highest BCUT2D eigenvalue weighted by Crippen LogP contribution is 2.28. The van der Waals surface area contributed by atoms with Crippen LogP contribution in [0.3, 0.4) is 0 Å². The Morgan fingerprint density at radius 2 is 1.63 bits per heavy atom. The van der Waals surface area contributed by atoms with Crippen LogP contribution in [0.25, 0.3) is 16.9 Å². The summed E-state index contributed by atoms with van der Waals surface area (Å²) in [6.45, 7) is 8.78. The van der Waals surface area contributed by atoms with Crippen LogP contribution in [0.2, 0.25) is 0 Å². The molecule has 2 aromatic heterocycles. The largest absolute Gasteiger partial charge is 0.461 e. The minimum Gasteiger partial charge on any atom is -0.461 e. The second-order valence-electron chi connectivity index (χ2n) is 9.45. The van der Waals surface area contributed by atoms with Gasteiger partial charge in [0.15, 0.2) is 5.69 Å². The Morgan fingerprint density at radius 1 is 0.921 bits per heavy atom. The zero-order valence-electron chi connectivity index (χ0n) is 22.2. The second-order valence-corrected chi connectivity index (χ2v) is 9.45. The highest BCUT2D eigenvalue weighted by molar-refractivity contribution is 5.93. The van der Waals surface area contributed by atoms with Crippen molar-refractivity contribution in [3.63, 3.8) is 0 Å². The normalized spacial score (nSPS) is 13.6. The van der Waals surface area contributed by atoms with Crippen molar-refractivity contribution in [1.29, 1.82) is 0 Å². The molecular weight excluding hydrogens is 480 g/mol. The Labute approximate surface area is 222 Å². The molecule has 3 heterocycles. The molecule has 1 fully saturated rings. The molecular formula is C29H32N6O3. The number of piperazine rings is 1. The molecule has 9 heteroatoms. The molecule has 1 saturated heterocycles. The van der Waals surface area contributed by atoms with Gasteiger partial charge in [0.2, 0.25) is 0 Å². The van der Waals surface area contributed by atoms with Crippen molar-refractivity contribution < 1.29 is 14.3 Å². The monoisotopic (exact) mass is 512 g/mol. The molecule has 0 spiro atoms. The smallest absolute Gasteiger partial charge is 0.358 e. The molecule has 4 aromatic rings. The number of anilines is 1. The fourth-order valence-corrected chi connectivity index (χ4v) is 4.86. The van der Waals surface area contributed by atoms with Crippen molar-refractivity contribution in [3.8, 4) is 16.9 Å². The molecule has 2 aromatic carbocycles. The predicted octanol–water partition coefficient (Wildman–Crippen LogP) is 4.03. The number of ether oxygens (including phenoxy) is 1. The van der Waals surface area contributed by atoms with Crippen molar-refractivity contribution in [2.24, 2.45) is 7.05 Å². The van der Waals surface area contributed by atoms with E-state index in [2.05, 4.69) is 27.2 Å². The van der Waals surface area contributed by atoms with Gasteiger partial charge in [0.25, 0.3) is 5.91 Å². The van der Waals surface area contributed by atoms with E-state index in [0.29, 0.717) is 25.4 Å². The van der Waals surface area contributed by atoms with Crippen LogP contribution in [0, 0.1) is 13.8 Å². The molecule has 0 N–H and O–H groups in total. The number of carbonyl (C=O) groups excluding carboxylic acids is 2. The molecule has 38 heavy (non-hydrogen) atoms. The average molecular weight is 513 g/mol. The van der Waals surface area contributed by atoms with Gasteiger partial charge < -0.3 is 14.5 Å². The van der Waals surface area contributed by atoms with E-state index < -0.39 is 5.97 Å². The summed E-state index contributed by atoms with van der Waals surface area (Å²) in [5.41, 5.74) is 6.55. The van der Waals surface area contributed by atoms with Crippen LogP contribution in [0.1, 0.15) is 39.2 Å². The Morgan fingerprint density at radius 3 is 2.26 bits per heavy atom. The van der Waals surface area contributed by atoms with Gasteiger partial charge in [-0.15, -0.1) is 0 Å². The summed E-state index contributed by atoms with van der Waals surface area (Å²) < 4.78 is 8.66. The Kier molecular flexibility index (Phi) is 7.00. The number of para-hydroxylation sites is 1. The van der Waals surface area contributed by atoms with Crippen LogP contribution in [0.15, 0.2) is 60.7 Å².